The van der Waals surface area contributed by atoms with E-state index in [1.54, 1.807) is 53.4 Å². The molecule has 0 bridgehead atoms. The third-order valence-electron chi connectivity index (χ3n) is 3.43. The van der Waals surface area contributed by atoms with Gasteiger partial charge in [0.05, 0.1) is 14.2 Å². The highest BCUT2D eigenvalue weighted by Crippen LogP contribution is 2.26. The maximum Gasteiger partial charge on any atom is 0.305 e. The highest BCUT2D eigenvalue weighted by Gasteiger charge is 2.39. The summed E-state index contributed by atoms with van der Waals surface area (Å²) in [4.78, 5) is 25.0. The molecule has 0 unspecified atom stereocenters. The predicted molar refractivity (Wildman–Crippen MR) is 88.7 cm³/mol. The molecule has 8 nitrogen and oxygen atoms in total. The first-order valence-corrected chi connectivity index (χ1v) is 8.58. The van der Waals surface area contributed by atoms with Gasteiger partial charge in [-0.3, -0.25) is 13.8 Å². The Labute approximate surface area is 150 Å². The van der Waals surface area contributed by atoms with Crippen LogP contribution in [0.25, 0.3) is 5.70 Å². The molecular formula is C17H15NO7S. The van der Waals surface area contributed by atoms with E-state index in [9.17, 15) is 22.6 Å². The van der Waals surface area contributed by atoms with Gasteiger partial charge >= 0.3 is 5.70 Å². The van der Waals surface area contributed by atoms with E-state index < -0.39 is 10.4 Å². The molecule has 1 aromatic heterocycles. The summed E-state index contributed by atoms with van der Waals surface area (Å²) in [5.41, 5.74) is 1.04. The van der Waals surface area contributed by atoms with Crippen molar-refractivity contribution in [2.24, 2.45) is 0 Å². The second kappa shape index (κ2) is 8.00. The fourth-order valence-corrected chi connectivity index (χ4v) is 2.31. The van der Waals surface area contributed by atoms with Crippen molar-refractivity contribution in [2.75, 3.05) is 14.2 Å². The van der Waals surface area contributed by atoms with Gasteiger partial charge in [-0.15, -0.1) is 0 Å². The third-order valence-corrected chi connectivity index (χ3v) is 3.84. The Morgan fingerprint density at radius 2 is 1.38 bits per heavy atom. The number of pyridine rings is 1. The van der Waals surface area contributed by atoms with Crippen molar-refractivity contribution in [2.45, 2.75) is 0 Å². The number of nitrogens with zero attached hydrogens (tertiary/aromatic N) is 1. The highest BCUT2D eigenvalue weighted by molar-refractivity contribution is 7.80. The fraction of sp³-hybridized carbons (Fsp3) is 0.118. The molecule has 136 valence electrons. The minimum Gasteiger partial charge on any atom is -0.726 e. The number of ether oxygens (including phenoxy) is 1. The lowest BCUT2D eigenvalue weighted by Crippen LogP contribution is -2.40. The minimum atomic E-state index is -4.41. The zero-order chi connectivity index (χ0) is 19.3. The van der Waals surface area contributed by atoms with Crippen LogP contribution in [0.15, 0.2) is 60.6 Å². The molecule has 0 aliphatic heterocycles. The molecule has 1 aliphatic carbocycles. The van der Waals surface area contributed by atoms with Crippen molar-refractivity contribution in [1.29, 1.82) is 0 Å². The van der Waals surface area contributed by atoms with Gasteiger partial charge in [0, 0.05) is 23.3 Å². The summed E-state index contributed by atoms with van der Waals surface area (Å²) in [7, 11) is -2.20. The normalized spacial score (nSPS) is 13.7. The molecule has 0 N–H and O–H groups in total. The van der Waals surface area contributed by atoms with Crippen LogP contribution in [0.2, 0.25) is 0 Å². The van der Waals surface area contributed by atoms with E-state index in [4.69, 9.17) is 4.74 Å². The van der Waals surface area contributed by atoms with Gasteiger partial charge in [0.15, 0.2) is 12.4 Å². The van der Waals surface area contributed by atoms with Crippen LogP contribution in [0.5, 0.6) is 0 Å². The average molecular weight is 377 g/mol. The van der Waals surface area contributed by atoms with Crippen LogP contribution in [-0.4, -0.2) is 38.8 Å². The Morgan fingerprint density at radius 3 is 1.85 bits per heavy atom. The molecule has 1 aliphatic rings. The number of methoxy groups -OCH3 is 1. The summed E-state index contributed by atoms with van der Waals surface area (Å²) in [5, 5.41) is 0. The van der Waals surface area contributed by atoms with E-state index >= 15 is 0 Å². The first kappa shape index (κ1) is 19.4. The summed E-state index contributed by atoms with van der Waals surface area (Å²) in [5.74, 6) is -0.410. The van der Waals surface area contributed by atoms with Crippen molar-refractivity contribution in [3.8, 4) is 0 Å². The quantitative estimate of drug-likeness (QED) is 0.445. The second-order valence-corrected chi connectivity index (χ2v) is 6.09. The lowest BCUT2D eigenvalue weighted by atomic mass is 9.91. The largest absolute Gasteiger partial charge is 0.726 e. The topological polar surface area (TPSA) is 114 Å². The van der Waals surface area contributed by atoms with Gasteiger partial charge in [-0.25, -0.2) is 8.42 Å². The number of carbonyl (C=O) groups is 2. The summed E-state index contributed by atoms with van der Waals surface area (Å²) >= 11 is 0. The van der Waals surface area contributed by atoms with Crippen LogP contribution >= 0.6 is 0 Å². The number of hydrogen-bond acceptors (Lipinski definition) is 7. The molecule has 1 aromatic carbocycles. The standard InChI is InChI=1S/C16H12NO3.CH4O4S/c1-20-16-13(17-9-5-2-6-10-17)14(18)11-7-3-4-8-12(11)15(16)19;1-5-6(2,3)4/h2-10H,1H3;1H3,(H,2,3,4)/q+1;/p-1. The second-order valence-electron chi connectivity index (χ2n) is 4.94. The molecule has 3 rings (SSSR count). The Balaban J connectivity index is 0.000000352. The molecular weight excluding hydrogens is 362 g/mol. The molecule has 1 heterocycles. The lowest BCUT2D eigenvalue weighted by Gasteiger charge is -2.15. The van der Waals surface area contributed by atoms with Crippen LogP contribution in [-0.2, 0) is 19.3 Å². The number of benzene rings is 1. The Bertz CT molecular complexity index is 966. The average Bonchev–Trinajstić information content (AvgIpc) is 2.65. The van der Waals surface area contributed by atoms with Crippen molar-refractivity contribution in [1.82, 2.24) is 0 Å². The van der Waals surface area contributed by atoms with Crippen LogP contribution < -0.4 is 4.57 Å². The number of rotatable bonds is 3. The number of Topliss-reactive ketones (excluding diaryl/α,β-unsaturated/α-hetero) is 2. The summed E-state index contributed by atoms with van der Waals surface area (Å²) in [6.45, 7) is 0. The SMILES string of the molecule is COC1=C([n+]2ccccc2)C(=O)c2ccccc2C1=O.COS(=O)(=O)[O-]. The van der Waals surface area contributed by atoms with Crippen LogP contribution in [0.4, 0.5) is 0 Å². The smallest absolute Gasteiger partial charge is 0.305 e. The van der Waals surface area contributed by atoms with Gasteiger partial charge in [-0.2, -0.15) is 4.57 Å². The maximum atomic E-state index is 12.6. The van der Waals surface area contributed by atoms with Crippen molar-refractivity contribution in [3.05, 3.63) is 71.7 Å². The maximum absolute atomic E-state index is 12.6. The first-order valence-electron chi connectivity index (χ1n) is 7.25. The third kappa shape index (κ3) is 4.20. The monoisotopic (exact) mass is 377 g/mol. The highest BCUT2D eigenvalue weighted by atomic mass is 32.3. The molecule has 0 atom stereocenters. The molecule has 0 spiro atoms. The van der Waals surface area contributed by atoms with Gasteiger partial charge in [0.2, 0.25) is 21.9 Å². The zero-order valence-electron chi connectivity index (χ0n) is 13.9. The predicted octanol–water partition coefficient (Wildman–Crippen LogP) is 0.961. The number of ketones is 2. The van der Waals surface area contributed by atoms with Crippen molar-refractivity contribution < 1.29 is 36.0 Å². The first-order chi connectivity index (χ1) is 12.3. The van der Waals surface area contributed by atoms with Crippen molar-refractivity contribution in [3.63, 3.8) is 0 Å². The molecule has 0 saturated heterocycles. The van der Waals surface area contributed by atoms with Crippen LogP contribution in [0, 0.1) is 0 Å². The van der Waals surface area contributed by atoms with E-state index in [2.05, 4.69) is 4.18 Å². The van der Waals surface area contributed by atoms with E-state index in [-0.39, 0.29) is 23.0 Å². The number of hydrogen-bond donors (Lipinski definition) is 0. The van der Waals surface area contributed by atoms with E-state index in [0.717, 1.165) is 7.11 Å². The molecule has 9 heteroatoms. The molecule has 0 fully saturated rings. The summed E-state index contributed by atoms with van der Waals surface area (Å²) in [6.07, 6.45) is 3.43. The number of allylic oxidation sites excluding steroid dienone is 2. The lowest BCUT2D eigenvalue weighted by molar-refractivity contribution is -0.578. The molecule has 0 radical (unpaired) electrons. The number of aromatic nitrogens is 1. The van der Waals surface area contributed by atoms with Gasteiger partial charge in [0.1, 0.15) is 0 Å². The Kier molecular flexibility index (Phi) is 5.98. The molecule has 0 amide bonds. The molecule has 2 aromatic rings. The fourth-order valence-electron chi connectivity index (χ4n) is 2.31. The van der Waals surface area contributed by atoms with Gasteiger partial charge in [0.25, 0.3) is 5.78 Å². The summed E-state index contributed by atoms with van der Waals surface area (Å²) in [6, 6.07) is 12.2. The Hall–Kier alpha value is -2.88. The van der Waals surface area contributed by atoms with Gasteiger partial charge in [-0.1, -0.05) is 30.3 Å². The zero-order valence-corrected chi connectivity index (χ0v) is 14.7. The van der Waals surface area contributed by atoms with Crippen LogP contribution in [0.3, 0.4) is 0 Å². The minimum absolute atomic E-state index is 0.0740. The summed E-state index contributed by atoms with van der Waals surface area (Å²) < 4.78 is 37.8. The number of carbonyl (C=O) groups excluding carboxylic acids is 2. The van der Waals surface area contributed by atoms with E-state index in [0.29, 0.717) is 11.1 Å². The van der Waals surface area contributed by atoms with Gasteiger partial charge < -0.3 is 9.29 Å². The number of fused-ring (bicyclic) bond motifs is 1. The van der Waals surface area contributed by atoms with E-state index in [1.807, 2.05) is 6.07 Å². The molecule has 26 heavy (non-hydrogen) atoms. The van der Waals surface area contributed by atoms with Crippen molar-refractivity contribution >= 4 is 27.7 Å². The van der Waals surface area contributed by atoms with Gasteiger partial charge in [-0.05, 0) is 0 Å². The Morgan fingerprint density at radius 1 is 0.885 bits per heavy atom. The van der Waals surface area contributed by atoms with E-state index in [1.165, 1.54) is 7.11 Å². The molecule has 0 saturated carbocycles. The van der Waals surface area contributed by atoms with Crippen LogP contribution in [0.1, 0.15) is 20.7 Å².